The molecule has 0 aliphatic carbocycles. The molecule has 112 valence electrons. The van der Waals surface area contributed by atoms with Gasteiger partial charge in [-0.1, -0.05) is 39.3 Å². The second-order valence-electron chi connectivity index (χ2n) is 4.65. The van der Waals surface area contributed by atoms with Crippen molar-refractivity contribution in [1.29, 1.82) is 0 Å². The zero-order valence-electron chi connectivity index (χ0n) is 12.4. The Balaban J connectivity index is 3.11. The van der Waals surface area contributed by atoms with Crippen LogP contribution in [0.25, 0.3) is 0 Å². The Bertz CT molecular complexity index is 552. The SMILES string of the molecule is CCCCN(CC)S(=O)(=O)c1cccc(C(=O)CC)c1. The van der Waals surface area contributed by atoms with Crippen LogP contribution in [0.5, 0.6) is 0 Å². The molecule has 1 aromatic rings. The molecule has 1 rings (SSSR count). The normalized spacial score (nSPS) is 11.8. The van der Waals surface area contributed by atoms with Crippen molar-refractivity contribution in [3.05, 3.63) is 29.8 Å². The molecule has 0 amide bonds. The number of hydrogen-bond acceptors (Lipinski definition) is 3. The van der Waals surface area contributed by atoms with Gasteiger partial charge in [-0.3, -0.25) is 4.79 Å². The molecule has 0 unspecified atom stereocenters. The number of ketones is 1. The van der Waals surface area contributed by atoms with E-state index in [0.717, 1.165) is 12.8 Å². The Labute approximate surface area is 121 Å². The lowest BCUT2D eigenvalue weighted by molar-refractivity contribution is 0.0988. The van der Waals surface area contributed by atoms with E-state index in [0.29, 0.717) is 25.1 Å². The summed E-state index contributed by atoms with van der Waals surface area (Å²) in [5.74, 6) is -0.0429. The van der Waals surface area contributed by atoms with Crippen LogP contribution in [0, 0.1) is 0 Å². The highest BCUT2D eigenvalue weighted by Crippen LogP contribution is 2.18. The van der Waals surface area contributed by atoms with E-state index < -0.39 is 10.0 Å². The highest BCUT2D eigenvalue weighted by Gasteiger charge is 2.23. The van der Waals surface area contributed by atoms with Crippen LogP contribution in [0.4, 0.5) is 0 Å². The standard InChI is InChI=1S/C15H23NO3S/c1-4-7-11-16(6-3)20(18,19)14-10-8-9-13(12-14)15(17)5-2/h8-10,12H,4-7,11H2,1-3H3. The van der Waals surface area contributed by atoms with Crippen LogP contribution in [0.1, 0.15) is 50.4 Å². The fourth-order valence-electron chi connectivity index (χ4n) is 1.97. The van der Waals surface area contributed by atoms with Crippen molar-refractivity contribution in [2.24, 2.45) is 0 Å². The zero-order valence-corrected chi connectivity index (χ0v) is 13.2. The van der Waals surface area contributed by atoms with Gasteiger partial charge in [-0.05, 0) is 18.6 Å². The van der Waals surface area contributed by atoms with Crippen molar-refractivity contribution in [2.45, 2.75) is 44.9 Å². The number of carbonyl (C=O) groups is 1. The average molecular weight is 297 g/mol. The van der Waals surface area contributed by atoms with E-state index in [-0.39, 0.29) is 10.7 Å². The number of hydrogen-bond donors (Lipinski definition) is 0. The molecular weight excluding hydrogens is 274 g/mol. The van der Waals surface area contributed by atoms with Crippen LogP contribution >= 0.6 is 0 Å². The molecule has 0 radical (unpaired) electrons. The summed E-state index contributed by atoms with van der Waals surface area (Å²) >= 11 is 0. The summed E-state index contributed by atoms with van der Waals surface area (Å²) in [5.41, 5.74) is 0.458. The lowest BCUT2D eigenvalue weighted by Gasteiger charge is -2.20. The van der Waals surface area contributed by atoms with Crippen LogP contribution in [-0.4, -0.2) is 31.6 Å². The molecule has 0 aliphatic heterocycles. The molecule has 0 saturated carbocycles. The summed E-state index contributed by atoms with van der Waals surface area (Å²) in [6, 6.07) is 6.32. The van der Waals surface area contributed by atoms with Gasteiger partial charge in [0.05, 0.1) is 4.90 Å². The molecule has 0 saturated heterocycles. The Morgan fingerprint density at radius 1 is 1.20 bits per heavy atom. The Hall–Kier alpha value is -1.20. The van der Waals surface area contributed by atoms with Gasteiger partial charge in [-0.15, -0.1) is 0 Å². The van der Waals surface area contributed by atoms with Crippen molar-refractivity contribution in [2.75, 3.05) is 13.1 Å². The largest absolute Gasteiger partial charge is 0.294 e. The number of rotatable bonds is 8. The average Bonchev–Trinajstić information content (AvgIpc) is 2.47. The second-order valence-corrected chi connectivity index (χ2v) is 6.59. The third-order valence-corrected chi connectivity index (χ3v) is 5.20. The van der Waals surface area contributed by atoms with Gasteiger partial charge in [0.2, 0.25) is 10.0 Å². The molecule has 0 spiro atoms. The molecular formula is C15H23NO3S. The number of Topliss-reactive ketones (excluding diaryl/α,β-unsaturated/α-hetero) is 1. The predicted molar refractivity (Wildman–Crippen MR) is 80.4 cm³/mol. The van der Waals surface area contributed by atoms with Crippen LogP contribution in [-0.2, 0) is 10.0 Å². The molecule has 0 N–H and O–H groups in total. The molecule has 0 fully saturated rings. The van der Waals surface area contributed by atoms with Crippen molar-refractivity contribution in [1.82, 2.24) is 4.31 Å². The number of nitrogens with zero attached hydrogens (tertiary/aromatic N) is 1. The Kier molecular flexibility index (Phi) is 6.36. The summed E-state index contributed by atoms with van der Waals surface area (Å²) in [5, 5.41) is 0. The third kappa shape index (κ3) is 3.90. The predicted octanol–water partition coefficient (Wildman–Crippen LogP) is 3.09. The van der Waals surface area contributed by atoms with E-state index in [1.807, 2.05) is 13.8 Å². The summed E-state index contributed by atoms with van der Waals surface area (Å²) in [4.78, 5) is 11.9. The number of unbranched alkanes of at least 4 members (excludes halogenated alkanes) is 1. The molecule has 0 aliphatic rings. The molecule has 0 bridgehead atoms. The lowest BCUT2D eigenvalue weighted by atomic mass is 10.1. The maximum Gasteiger partial charge on any atom is 0.243 e. The number of sulfonamides is 1. The summed E-state index contributed by atoms with van der Waals surface area (Å²) in [6.45, 7) is 6.58. The first-order valence-corrected chi connectivity index (χ1v) is 8.54. The van der Waals surface area contributed by atoms with Gasteiger partial charge >= 0.3 is 0 Å². The first kappa shape index (κ1) is 16.9. The monoisotopic (exact) mass is 297 g/mol. The van der Waals surface area contributed by atoms with Crippen molar-refractivity contribution < 1.29 is 13.2 Å². The summed E-state index contributed by atoms with van der Waals surface area (Å²) in [6.07, 6.45) is 2.15. The minimum atomic E-state index is -3.51. The van der Waals surface area contributed by atoms with E-state index >= 15 is 0 Å². The van der Waals surface area contributed by atoms with E-state index in [1.165, 1.54) is 10.4 Å². The smallest absolute Gasteiger partial charge is 0.243 e. The van der Waals surface area contributed by atoms with Crippen LogP contribution in [0.15, 0.2) is 29.2 Å². The maximum absolute atomic E-state index is 12.5. The van der Waals surface area contributed by atoms with Crippen molar-refractivity contribution in [3.63, 3.8) is 0 Å². The van der Waals surface area contributed by atoms with Gasteiger partial charge in [-0.2, -0.15) is 4.31 Å². The molecule has 5 heteroatoms. The van der Waals surface area contributed by atoms with Gasteiger partial charge in [0.25, 0.3) is 0 Å². The highest BCUT2D eigenvalue weighted by atomic mass is 32.2. The first-order valence-electron chi connectivity index (χ1n) is 7.10. The fraction of sp³-hybridized carbons (Fsp3) is 0.533. The molecule has 4 nitrogen and oxygen atoms in total. The lowest BCUT2D eigenvalue weighted by Crippen LogP contribution is -2.31. The highest BCUT2D eigenvalue weighted by molar-refractivity contribution is 7.89. The van der Waals surface area contributed by atoms with E-state index in [2.05, 4.69) is 0 Å². The molecule has 0 atom stereocenters. The van der Waals surface area contributed by atoms with Crippen LogP contribution in [0.2, 0.25) is 0 Å². The topological polar surface area (TPSA) is 54.5 Å². The Morgan fingerprint density at radius 2 is 1.90 bits per heavy atom. The summed E-state index contributed by atoms with van der Waals surface area (Å²) < 4.78 is 26.6. The molecule has 0 heterocycles. The van der Waals surface area contributed by atoms with E-state index in [9.17, 15) is 13.2 Å². The summed E-state index contributed by atoms with van der Waals surface area (Å²) in [7, 11) is -3.51. The van der Waals surface area contributed by atoms with Gasteiger partial charge in [0, 0.05) is 25.1 Å². The number of carbonyl (C=O) groups excluding carboxylic acids is 1. The van der Waals surface area contributed by atoms with Crippen LogP contribution < -0.4 is 0 Å². The van der Waals surface area contributed by atoms with Gasteiger partial charge in [-0.25, -0.2) is 8.42 Å². The third-order valence-electron chi connectivity index (χ3n) is 3.23. The Morgan fingerprint density at radius 3 is 2.45 bits per heavy atom. The minimum absolute atomic E-state index is 0.0429. The van der Waals surface area contributed by atoms with E-state index in [1.54, 1.807) is 25.1 Å². The van der Waals surface area contributed by atoms with Crippen molar-refractivity contribution >= 4 is 15.8 Å². The van der Waals surface area contributed by atoms with Gasteiger partial charge in [0.1, 0.15) is 0 Å². The number of benzene rings is 1. The molecule has 1 aromatic carbocycles. The second kappa shape index (κ2) is 7.55. The van der Waals surface area contributed by atoms with Crippen molar-refractivity contribution in [3.8, 4) is 0 Å². The van der Waals surface area contributed by atoms with Crippen LogP contribution in [0.3, 0.4) is 0 Å². The quantitative estimate of drug-likeness (QED) is 0.693. The fourth-order valence-corrected chi connectivity index (χ4v) is 3.50. The van der Waals surface area contributed by atoms with E-state index in [4.69, 9.17) is 0 Å². The molecule has 20 heavy (non-hydrogen) atoms. The first-order chi connectivity index (χ1) is 9.47. The molecule has 0 aromatic heterocycles. The maximum atomic E-state index is 12.5. The van der Waals surface area contributed by atoms with Gasteiger partial charge < -0.3 is 0 Å². The zero-order chi connectivity index (χ0) is 15.2. The van der Waals surface area contributed by atoms with Gasteiger partial charge in [0.15, 0.2) is 5.78 Å². The minimum Gasteiger partial charge on any atom is -0.294 e.